The number of rotatable bonds is 1. The first-order valence-corrected chi connectivity index (χ1v) is 4.15. The molecule has 1 rings (SSSR count). The standard InChI is InChI=1S/C5H7BrN2S/c1-3-4(6)8-5(7-2)9-3/h1-2H3,(H,7,8). The topological polar surface area (TPSA) is 24.9 Å². The molecule has 0 aliphatic heterocycles. The van der Waals surface area contributed by atoms with Crippen LogP contribution in [0.25, 0.3) is 0 Å². The first kappa shape index (κ1) is 7.02. The van der Waals surface area contributed by atoms with Gasteiger partial charge in [-0.1, -0.05) is 0 Å². The second kappa shape index (κ2) is 2.66. The molecule has 0 aromatic carbocycles. The third kappa shape index (κ3) is 1.43. The number of anilines is 1. The van der Waals surface area contributed by atoms with Crippen LogP contribution in [0, 0.1) is 6.92 Å². The summed E-state index contributed by atoms with van der Waals surface area (Å²) in [5.41, 5.74) is 0. The molecule has 1 aromatic heterocycles. The molecule has 2 nitrogen and oxygen atoms in total. The number of hydrogen-bond acceptors (Lipinski definition) is 3. The van der Waals surface area contributed by atoms with Crippen LogP contribution in [0.3, 0.4) is 0 Å². The van der Waals surface area contributed by atoms with Gasteiger partial charge in [-0.05, 0) is 22.9 Å². The van der Waals surface area contributed by atoms with E-state index in [-0.39, 0.29) is 0 Å². The third-order valence-electron chi connectivity index (χ3n) is 0.954. The number of hydrogen-bond donors (Lipinski definition) is 1. The zero-order valence-electron chi connectivity index (χ0n) is 5.23. The predicted octanol–water partition coefficient (Wildman–Crippen LogP) is 2.26. The number of nitrogens with one attached hydrogen (secondary N) is 1. The van der Waals surface area contributed by atoms with Gasteiger partial charge in [0, 0.05) is 11.9 Å². The van der Waals surface area contributed by atoms with Crippen molar-refractivity contribution < 1.29 is 0 Å². The largest absolute Gasteiger partial charge is 0.365 e. The molecule has 0 spiro atoms. The quantitative estimate of drug-likeness (QED) is 0.763. The van der Waals surface area contributed by atoms with Crippen LogP contribution in [0.2, 0.25) is 0 Å². The van der Waals surface area contributed by atoms with E-state index in [1.54, 1.807) is 11.3 Å². The van der Waals surface area contributed by atoms with Crippen LogP contribution in [0.5, 0.6) is 0 Å². The molecule has 0 unspecified atom stereocenters. The highest BCUT2D eigenvalue weighted by Gasteiger charge is 2.00. The molecule has 0 atom stereocenters. The molecule has 0 saturated heterocycles. The van der Waals surface area contributed by atoms with Crippen LogP contribution in [-0.2, 0) is 0 Å². The predicted molar refractivity (Wildman–Crippen MR) is 44.1 cm³/mol. The van der Waals surface area contributed by atoms with Crippen LogP contribution in [0.1, 0.15) is 4.88 Å². The summed E-state index contributed by atoms with van der Waals surface area (Å²) < 4.78 is 0.942. The minimum Gasteiger partial charge on any atom is -0.365 e. The molecule has 0 amide bonds. The van der Waals surface area contributed by atoms with Crippen molar-refractivity contribution in [1.29, 1.82) is 0 Å². The maximum absolute atomic E-state index is 4.15. The highest BCUT2D eigenvalue weighted by molar-refractivity contribution is 9.10. The lowest BCUT2D eigenvalue weighted by Gasteiger charge is -1.84. The molecule has 1 heterocycles. The number of halogens is 1. The molecule has 0 aliphatic rings. The number of aromatic nitrogens is 1. The monoisotopic (exact) mass is 206 g/mol. The molecule has 9 heavy (non-hydrogen) atoms. The number of aryl methyl sites for hydroxylation is 1. The highest BCUT2D eigenvalue weighted by Crippen LogP contribution is 2.25. The fourth-order valence-corrected chi connectivity index (χ4v) is 1.68. The minimum atomic E-state index is 0.942. The Hall–Kier alpha value is -0.0900. The average Bonchev–Trinajstić information content (AvgIpc) is 2.13. The van der Waals surface area contributed by atoms with Crippen molar-refractivity contribution in [3.63, 3.8) is 0 Å². The Morgan fingerprint density at radius 2 is 2.33 bits per heavy atom. The van der Waals surface area contributed by atoms with E-state index in [1.165, 1.54) is 4.88 Å². The maximum Gasteiger partial charge on any atom is 0.183 e. The Kier molecular flexibility index (Phi) is 2.08. The lowest BCUT2D eigenvalue weighted by atomic mass is 10.6. The lowest BCUT2D eigenvalue weighted by Crippen LogP contribution is -1.83. The summed E-state index contributed by atoms with van der Waals surface area (Å²) in [6, 6.07) is 0. The van der Waals surface area contributed by atoms with Crippen LogP contribution in [-0.4, -0.2) is 12.0 Å². The molecule has 0 radical (unpaired) electrons. The van der Waals surface area contributed by atoms with E-state index in [4.69, 9.17) is 0 Å². The Morgan fingerprint density at radius 3 is 2.56 bits per heavy atom. The second-order valence-electron chi connectivity index (χ2n) is 1.62. The normalized spacial score (nSPS) is 9.67. The van der Waals surface area contributed by atoms with Crippen molar-refractivity contribution >= 4 is 32.4 Å². The van der Waals surface area contributed by atoms with E-state index in [0.717, 1.165) is 9.73 Å². The van der Waals surface area contributed by atoms with Gasteiger partial charge in [0.25, 0.3) is 0 Å². The molecule has 50 valence electrons. The van der Waals surface area contributed by atoms with E-state index in [0.29, 0.717) is 0 Å². The smallest absolute Gasteiger partial charge is 0.183 e. The van der Waals surface area contributed by atoms with E-state index in [9.17, 15) is 0 Å². The fourth-order valence-electron chi connectivity index (χ4n) is 0.485. The summed E-state index contributed by atoms with van der Waals surface area (Å²) in [5.74, 6) is 0. The van der Waals surface area contributed by atoms with E-state index < -0.39 is 0 Å². The van der Waals surface area contributed by atoms with Crippen molar-refractivity contribution in [1.82, 2.24) is 4.98 Å². The number of thiazole rings is 1. The molecule has 4 heteroatoms. The van der Waals surface area contributed by atoms with Crippen LogP contribution < -0.4 is 5.32 Å². The van der Waals surface area contributed by atoms with Gasteiger partial charge >= 0.3 is 0 Å². The minimum absolute atomic E-state index is 0.942. The first-order valence-electron chi connectivity index (χ1n) is 2.54. The van der Waals surface area contributed by atoms with Gasteiger partial charge < -0.3 is 5.32 Å². The Labute approximate surface area is 66.4 Å². The maximum atomic E-state index is 4.15. The first-order chi connectivity index (χ1) is 4.24. The van der Waals surface area contributed by atoms with Crippen molar-refractivity contribution in [2.45, 2.75) is 6.92 Å². The molecule has 0 saturated carbocycles. The summed E-state index contributed by atoms with van der Waals surface area (Å²) in [4.78, 5) is 5.36. The molecular formula is C5H7BrN2S. The molecule has 0 aliphatic carbocycles. The van der Waals surface area contributed by atoms with E-state index >= 15 is 0 Å². The molecule has 0 fully saturated rings. The van der Waals surface area contributed by atoms with Crippen LogP contribution in [0.4, 0.5) is 5.13 Å². The summed E-state index contributed by atoms with van der Waals surface area (Å²) >= 11 is 4.96. The third-order valence-corrected chi connectivity index (χ3v) is 2.98. The van der Waals surface area contributed by atoms with Gasteiger partial charge in [-0.2, -0.15) is 0 Å². The van der Waals surface area contributed by atoms with Gasteiger partial charge in [-0.15, -0.1) is 11.3 Å². The van der Waals surface area contributed by atoms with Crippen LogP contribution in [0.15, 0.2) is 4.60 Å². The Bertz CT molecular complexity index is 189. The SMILES string of the molecule is CNc1nc(Br)c(C)s1. The summed E-state index contributed by atoms with van der Waals surface area (Å²) in [7, 11) is 1.87. The van der Waals surface area contributed by atoms with Gasteiger partial charge in [0.15, 0.2) is 5.13 Å². The van der Waals surface area contributed by atoms with Crippen LogP contribution >= 0.6 is 27.3 Å². The van der Waals surface area contributed by atoms with E-state index in [1.807, 2.05) is 14.0 Å². The van der Waals surface area contributed by atoms with Crippen molar-refractivity contribution in [3.8, 4) is 0 Å². The van der Waals surface area contributed by atoms with E-state index in [2.05, 4.69) is 26.2 Å². The van der Waals surface area contributed by atoms with Gasteiger partial charge in [0.05, 0.1) is 0 Å². The summed E-state index contributed by atoms with van der Waals surface area (Å²) in [6.07, 6.45) is 0. The number of nitrogens with zero attached hydrogens (tertiary/aromatic N) is 1. The van der Waals surface area contributed by atoms with Gasteiger partial charge in [0.1, 0.15) is 4.60 Å². The summed E-state index contributed by atoms with van der Waals surface area (Å²) in [6.45, 7) is 2.03. The Balaban J connectivity index is 2.98. The van der Waals surface area contributed by atoms with Crippen molar-refractivity contribution in [2.75, 3.05) is 12.4 Å². The zero-order chi connectivity index (χ0) is 6.85. The van der Waals surface area contributed by atoms with Crippen molar-refractivity contribution in [3.05, 3.63) is 9.48 Å². The zero-order valence-corrected chi connectivity index (χ0v) is 7.64. The van der Waals surface area contributed by atoms with Gasteiger partial charge in [-0.3, -0.25) is 0 Å². The second-order valence-corrected chi connectivity index (χ2v) is 3.57. The highest BCUT2D eigenvalue weighted by atomic mass is 79.9. The van der Waals surface area contributed by atoms with Gasteiger partial charge in [-0.25, -0.2) is 4.98 Å². The molecule has 0 bridgehead atoms. The average molecular weight is 207 g/mol. The molecular weight excluding hydrogens is 200 g/mol. The molecule has 1 N–H and O–H groups in total. The van der Waals surface area contributed by atoms with Gasteiger partial charge in [0.2, 0.25) is 0 Å². The molecule has 1 aromatic rings. The lowest BCUT2D eigenvalue weighted by molar-refractivity contribution is 1.30. The fraction of sp³-hybridized carbons (Fsp3) is 0.400. The Morgan fingerprint density at radius 1 is 1.67 bits per heavy atom. The van der Waals surface area contributed by atoms with Crippen molar-refractivity contribution in [2.24, 2.45) is 0 Å². The summed E-state index contributed by atoms with van der Waals surface area (Å²) in [5, 5.41) is 3.92.